The van der Waals surface area contributed by atoms with Gasteiger partial charge >= 0.3 is 0 Å². The van der Waals surface area contributed by atoms with Gasteiger partial charge in [0.05, 0.1) is 11.4 Å². The summed E-state index contributed by atoms with van der Waals surface area (Å²) in [7, 11) is 0. The van der Waals surface area contributed by atoms with Crippen LogP contribution in [0.1, 0.15) is 101 Å². The molecule has 0 bridgehead atoms. The summed E-state index contributed by atoms with van der Waals surface area (Å²) in [6, 6.07) is 19.8. The molecule has 2 aromatic carbocycles. The van der Waals surface area contributed by atoms with Crippen LogP contribution in [-0.4, -0.2) is 9.97 Å². The van der Waals surface area contributed by atoms with E-state index in [-0.39, 0.29) is 0 Å². The van der Waals surface area contributed by atoms with Crippen molar-refractivity contribution in [2.24, 2.45) is 11.8 Å². The number of benzene rings is 2. The minimum Gasteiger partial charge on any atom is -0.437 e. The van der Waals surface area contributed by atoms with Crippen molar-refractivity contribution in [1.82, 2.24) is 9.97 Å². The average Bonchev–Trinajstić information content (AvgIpc) is 3.30. The standard InChI is InChI=1S/C37H42N2O/c1-21(2)27-10-8-11-28(22(3)4)35(27)33-15-14-30-29-12-9-13-31(36(29)40-37(30)39-33)34-19-32(25(7)20-38-34)26-17-23(5)16-24(6)18-26/h8-15,19-24,26H,16-18H2,1-7H3. The van der Waals surface area contributed by atoms with Gasteiger partial charge in [-0.1, -0.05) is 71.9 Å². The van der Waals surface area contributed by atoms with E-state index in [9.17, 15) is 0 Å². The van der Waals surface area contributed by atoms with Crippen LogP contribution in [0.3, 0.4) is 0 Å². The molecule has 1 fully saturated rings. The molecule has 5 aromatic rings. The van der Waals surface area contributed by atoms with Gasteiger partial charge in [0.2, 0.25) is 5.71 Å². The molecule has 1 aliphatic carbocycles. The maximum absolute atomic E-state index is 6.60. The van der Waals surface area contributed by atoms with Crippen molar-refractivity contribution < 1.29 is 4.42 Å². The van der Waals surface area contributed by atoms with Crippen molar-refractivity contribution in [1.29, 1.82) is 0 Å². The fourth-order valence-corrected chi connectivity index (χ4v) is 7.19. The summed E-state index contributed by atoms with van der Waals surface area (Å²) in [6.07, 6.45) is 5.91. The Hall–Kier alpha value is -3.46. The highest BCUT2D eigenvalue weighted by atomic mass is 16.3. The number of furan rings is 1. The number of aromatic nitrogens is 2. The summed E-state index contributed by atoms with van der Waals surface area (Å²) in [6.45, 7) is 16.0. The van der Waals surface area contributed by atoms with Gasteiger partial charge in [0.25, 0.3) is 0 Å². The van der Waals surface area contributed by atoms with Crippen LogP contribution in [0.15, 0.2) is 65.2 Å². The lowest BCUT2D eigenvalue weighted by Gasteiger charge is -2.32. The maximum Gasteiger partial charge on any atom is 0.227 e. The second-order valence-corrected chi connectivity index (χ2v) is 13.0. The molecule has 40 heavy (non-hydrogen) atoms. The van der Waals surface area contributed by atoms with Crippen molar-refractivity contribution >= 4 is 22.1 Å². The zero-order valence-corrected chi connectivity index (χ0v) is 25.1. The molecular weight excluding hydrogens is 488 g/mol. The SMILES string of the molecule is Cc1cnc(-c2cccc3c2oc2nc(-c4c(C(C)C)cccc4C(C)C)ccc23)cc1C1CC(C)CC(C)C1. The van der Waals surface area contributed by atoms with Gasteiger partial charge in [-0.05, 0) is 102 Å². The van der Waals surface area contributed by atoms with E-state index >= 15 is 0 Å². The Labute approximate surface area is 239 Å². The Kier molecular flexibility index (Phi) is 7.02. The Morgan fingerprint density at radius 3 is 2.12 bits per heavy atom. The first kappa shape index (κ1) is 26.7. The number of hydrogen-bond acceptors (Lipinski definition) is 3. The van der Waals surface area contributed by atoms with Gasteiger partial charge in [0.15, 0.2) is 0 Å². The van der Waals surface area contributed by atoms with Crippen molar-refractivity contribution in [2.45, 2.75) is 85.5 Å². The van der Waals surface area contributed by atoms with Crippen molar-refractivity contribution in [3.8, 4) is 22.5 Å². The quantitative estimate of drug-likeness (QED) is 0.227. The van der Waals surface area contributed by atoms with E-state index in [2.05, 4.69) is 109 Å². The van der Waals surface area contributed by atoms with E-state index < -0.39 is 0 Å². The number of para-hydroxylation sites is 1. The molecule has 6 rings (SSSR count). The zero-order valence-electron chi connectivity index (χ0n) is 25.1. The number of rotatable bonds is 5. The predicted octanol–water partition coefficient (Wildman–Crippen LogP) is 10.8. The topological polar surface area (TPSA) is 38.9 Å². The van der Waals surface area contributed by atoms with Gasteiger partial charge in [0, 0.05) is 28.1 Å². The molecule has 3 heterocycles. The molecule has 0 radical (unpaired) electrons. The van der Waals surface area contributed by atoms with Crippen LogP contribution < -0.4 is 0 Å². The molecular formula is C37H42N2O. The van der Waals surface area contributed by atoms with Crippen molar-refractivity contribution in [3.63, 3.8) is 0 Å². The lowest BCUT2D eigenvalue weighted by Crippen LogP contribution is -2.19. The Balaban J connectivity index is 1.48. The van der Waals surface area contributed by atoms with E-state index in [0.29, 0.717) is 23.5 Å². The molecule has 0 saturated heterocycles. The first-order chi connectivity index (χ1) is 19.2. The smallest absolute Gasteiger partial charge is 0.227 e. The van der Waals surface area contributed by atoms with Crippen LogP contribution in [0.2, 0.25) is 0 Å². The zero-order chi connectivity index (χ0) is 28.1. The molecule has 0 N–H and O–H groups in total. The highest BCUT2D eigenvalue weighted by Gasteiger charge is 2.27. The van der Waals surface area contributed by atoms with E-state index in [1.807, 2.05) is 0 Å². The molecule has 0 aliphatic heterocycles. The minimum atomic E-state index is 0.408. The summed E-state index contributed by atoms with van der Waals surface area (Å²) in [5.74, 6) is 2.94. The van der Waals surface area contributed by atoms with Gasteiger partial charge in [-0.25, -0.2) is 4.98 Å². The summed E-state index contributed by atoms with van der Waals surface area (Å²) in [4.78, 5) is 10.0. The first-order valence-corrected chi connectivity index (χ1v) is 15.1. The Morgan fingerprint density at radius 2 is 1.45 bits per heavy atom. The minimum absolute atomic E-state index is 0.408. The van der Waals surface area contributed by atoms with Crippen LogP contribution in [0.4, 0.5) is 0 Å². The van der Waals surface area contributed by atoms with E-state index in [1.165, 1.54) is 47.1 Å². The molecule has 1 aliphatic rings. The molecule has 3 heteroatoms. The van der Waals surface area contributed by atoms with Gasteiger partial charge in [-0.2, -0.15) is 0 Å². The molecule has 2 atom stereocenters. The third kappa shape index (κ3) is 4.74. The lowest BCUT2D eigenvalue weighted by molar-refractivity contribution is 0.268. The second-order valence-electron chi connectivity index (χ2n) is 13.0. The first-order valence-electron chi connectivity index (χ1n) is 15.1. The summed E-state index contributed by atoms with van der Waals surface area (Å²) in [5, 5.41) is 2.15. The summed E-state index contributed by atoms with van der Waals surface area (Å²) >= 11 is 0. The Morgan fingerprint density at radius 1 is 0.775 bits per heavy atom. The van der Waals surface area contributed by atoms with Crippen LogP contribution in [-0.2, 0) is 0 Å². The number of aryl methyl sites for hydroxylation is 1. The highest BCUT2D eigenvalue weighted by molar-refractivity contribution is 6.08. The molecule has 0 amide bonds. The average molecular weight is 531 g/mol. The van der Waals surface area contributed by atoms with Crippen molar-refractivity contribution in [2.75, 3.05) is 0 Å². The van der Waals surface area contributed by atoms with Gasteiger partial charge in [-0.3, -0.25) is 4.98 Å². The number of nitrogens with zero attached hydrogens (tertiary/aromatic N) is 2. The van der Waals surface area contributed by atoms with Crippen LogP contribution in [0, 0.1) is 18.8 Å². The number of hydrogen-bond donors (Lipinski definition) is 0. The predicted molar refractivity (Wildman–Crippen MR) is 168 cm³/mol. The number of fused-ring (bicyclic) bond motifs is 3. The maximum atomic E-state index is 6.60. The second kappa shape index (κ2) is 10.5. The number of pyridine rings is 2. The normalized spacial score (nSPS) is 19.8. The van der Waals surface area contributed by atoms with Crippen LogP contribution in [0.25, 0.3) is 44.6 Å². The summed E-state index contributed by atoms with van der Waals surface area (Å²) < 4.78 is 6.60. The lowest BCUT2D eigenvalue weighted by atomic mass is 9.73. The highest BCUT2D eigenvalue weighted by Crippen LogP contribution is 2.42. The molecule has 0 spiro atoms. The van der Waals surface area contributed by atoms with E-state index in [0.717, 1.165) is 45.1 Å². The molecule has 206 valence electrons. The van der Waals surface area contributed by atoms with Gasteiger partial charge < -0.3 is 4.42 Å². The van der Waals surface area contributed by atoms with Gasteiger partial charge in [0.1, 0.15) is 5.58 Å². The Bertz CT molecular complexity index is 1660. The van der Waals surface area contributed by atoms with E-state index in [4.69, 9.17) is 14.4 Å². The van der Waals surface area contributed by atoms with Gasteiger partial charge in [-0.15, -0.1) is 0 Å². The molecule has 3 aromatic heterocycles. The monoisotopic (exact) mass is 530 g/mol. The largest absolute Gasteiger partial charge is 0.437 e. The fourth-order valence-electron chi connectivity index (χ4n) is 7.19. The third-order valence-corrected chi connectivity index (χ3v) is 9.03. The molecule has 3 nitrogen and oxygen atoms in total. The fraction of sp³-hybridized carbons (Fsp3) is 0.405. The molecule has 1 saturated carbocycles. The van der Waals surface area contributed by atoms with Crippen LogP contribution in [0.5, 0.6) is 0 Å². The van der Waals surface area contributed by atoms with E-state index in [1.54, 1.807) is 0 Å². The van der Waals surface area contributed by atoms with Crippen LogP contribution >= 0.6 is 0 Å². The summed E-state index contributed by atoms with van der Waals surface area (Å²) in [5.41, 5.74) is 11.2. The molecule has 2 unspecified atom stereocenters. The third-order valence-electron chi connectivity index (χ3n) is 9.03. The van der Waals surface area contributed by atoms with Crippen molar-refractivity contribution in [3.05, 3.63) is 83.0 Å².